The molecule has 0 spiro atoms. The average Bonchev–Trinajstić information content (AvgIpc) is 2.20. The van der Waals surface area contributed by atoms with E-state index in [1.54, 1.807) is 4.90 Å². The van der Waals surface area contributed by atoms with E-state index >= 15 is 0 Å². The molecule has 3 nitrogen and oxygen atoms in total. The van der Waals surface area contributed by atoms with Gasteiger partial charge in [0.15, 0.2) is 0 Å². The Morgan fingerprint density at radius 2 is 2.06 bits per heavy atom. The molecule has 1 rings (SSSR count). The van der Waals surface area contributed by atoms with Gasteiger partial charge in [0.1, 0.15) is 0 Å². The van der Waals surface area contributed by atoms with E-state index in [-0.39, 0.29) is 5.91 Å². The van der Waals surface area contributed by atoms with Crippen LogP contribution in [0.4, 0.5) is 0 Å². The fourth-order valence-corrected chi connectivity index (χ4v) is 2.84. The highest BCUT2D eigenvalue weighted by Gasteiger charge is 2.31. The van der Waals surface area contributed by atoms with Crippen LogP contribution in [-0.2, 0) is 4.79 Å². The van der Waals surface area contributed by atoms with E-state index in [0.29, 0.717) is 23.8 Å². The summed E-state index contributed by atoms with van der Waals surface area (Å²) in [5.41, 5.74) is 0.497. The summed E-state index contributed by atoms with van der Waals surface area (Å²) in [6.07, 6.45) is 4.42. The molecule has 0 saturated heterocycles. The Hall–Kier alpha value is -0.570. The zero-order valence-corrected chi connectivity index (χ0v) is 12.0. The fraction of sp³-hybridized carbons (Fsp3) is 0.929. The zero-order chi connectivity index (χ0) is 13.1. The maximum Gasteiger partial charge on any atom is 0.223 e. The van der Waals surface area contributed by atoms with Crippen LogP contribution >= 0.6 is 0 Å². The Balaban J connectivity index is 2.27. The van der Waals surface area contributed by atoms with Crippen LogP contribution < -0.4 is 5.32 Å². The predicted octanol–water partition coefficient (Wildman–Crippen LogP) is 2.27. The van der Waals surface area contributed by atoms with Crippen LogP contribution in [0.5, 0.6) is 0 Å². The van der Waals surface area contributed by atoms with Gasteiger partial charge >= 0.3 is 0 Å². The monoisotopic (exact) mass is 240 g/mol. The summed E-state index contributed by atoms with van der Waals surface area (Å²) in [6, 6.07) is 0.595. The fourth-order valence-electron chi connectivity index (χ4n) is 2.84. The number of carbonyl (C=O) groups excluding carboxylic acids is 1. The summed E-state index contributed by atoms with van der Waals surface area (Å²) in [5, 5.41) is 3.55. The highest BCUT2D eigenvalue weighted by molar-refractivity contribution is 5.75. The van der Waals surface area contributed by atoms with Gasteiger partial charge in [0.25, 0.3) is 0 Å². The lowest BCUT2D eigenvalue weighted by molar-refractivity contribution is -0.128. The van der Waals surface area contributed by atoms with Gasteiger partial charge in [-0.1, -0.05) is 20.8 Å². The number of hydrogen-bond donors (Lipinski definition) is 1. The number of rotatable bonds is 4. The molecule has 2 unspecified atom stereocenters. The Morgan fingerprint density at radius 1 is 1.41 bits per heavy atom. The largest absolute Gasteiger partial charge is 0.349 e. The molecule has 1 fully saturated rings. The standard InChI is InChI=1S/C14H28N2O/c1-11-10-14(2,3)8-6-12(11)15-9-7-13(17)16(4)5/h11-12,15H,6-10H2,1-5H3. The van der Waals surface area contributed by atoms with Crippen LogP contribution in [-0.4, -0.2) is 37.5 Å². The molecule has 0 aliphatic heterocycles. The maximum absolute atomic E-state index is 11.5. The van der Waals surface area contributed by atoms with Gasteiger partial charge in [-0.15, -0.1) is 0 Å². The molecule has 0 aromatic rings. The van der Waals surface area contributed by atoms with E-state index in [2.05, 4.69) is 26.1 Å². The van der Waals surface area contributed by atoms with Gasteiger partial charge in [0.2, 0.25) is 5.91 Å². The minimum absolute atomic E-state index is 0.210. The topological polar surface area (TPSA) is 32.3 Å². The van der Waals surface area contributed by atoms with Crippen molar-refractivity contribution < 1.29 is 4.79 Å². The normalized spacial score (nSPS) is 27.8. The van der Waals surface area contributed by atoms with E-state index in [9.17, 15) is 4.79 Å². The van der Waals surface area contributed by atoms with Gasteiger partial charge in [0.05, 0.1) is 0 Å². The molecule has 0 bridgehead atoms. The third kappa shape index (κ3) is 4.66. The Kier molecular flexibility index (Phi) is 4.99. The second-order valence-corrected chi connectivity index (χ2v) is 6.48. The first-order valence-electron chi connectivity index (χ1n) is 6.75. The molecule has 0 aromatic carbocycles. The molecular weight excluding hydrogens is 212 g/mol. The van der Waals surface area contributed by atoms with Crippen molar-refractivity contribution in [1.82, 2.24) is 10.2 Å². The summed E-state index contributed by atoms with van der Waals surface area (Å²) < 4.78 is 0. The number of nitrogens with zero attached hydrogens (tertiary/aromatic N) is 1. The first-order valence-corrected chi connectivity index (χ1v) is 6.75. The van der Waals surface area contributed by atoms with Gasteiger partial charge in [-0.2, -0.15) is 0 Å². The second kappa shape index (κ2) is 5.85. The summed E-state index contributed by atoms with van der Waals surface area (Å²) >= 11 is 0. The molecule has 17 heavy (non-hydrogen) atoms. The lowest BCUT2D eigenvalue weighted by atomic mass is 9.70. The van der Waals surface area contributed by atoms with Crippen molar-refractivity contribution in [2.45, 2.75) is 52.5 Å². The van der Waals surface area contributed by atoms with Gasteiger partial charge in [-0.05, 0) is 30.6 Å². The van der Waals surface area contributed by atoms with Crippen molar-refractivity contribution >= 4 is 5.91 Å². The molecule has 1 N–H and O–H groups in total. The van der Waals surface area contributed by atoms with Crippen molar-refractivity contribution in [3.05, 3.63) is 0 Å². The van der Waals surface area contributed by atoms with Gasteiger partial charge in [-0.25, -0.2) is 0 Å². The lowest BCUT2D eigenvalue weighted by Gasteiger charge is -2.39. The summed E-state index contributed by atoms with van der Waals surface area (Å²) in [6.45, 7) is 7.85. The minimum atomic E-state index is 0.210. The van der Waals surface area contributed by atoms with Crippen molar-refractivity contribution in [3.63, 3.8) is 0 Å². The van der Waals surface area contributed by atoms with E-state index in [4.69, 9.17) is 0 Å². The Labute approximate surface area is 106 Å². The summed E-state index contributed by atoms with van der Waals surface area (Å²) in [7, 11) is 3.63. The van der Waals surface area contributed by atoms with Crippen LogP contribution in [0, 0.1) is 11.3 Å². The van der Waals surface area contributed by atoms with E-state index in [1.165, 1.54) is 19.3 Å². The third-order valence-electron chi connectivity index (χ3n) is 3.94. The summed E-state index contributed by atoms with van der Waals surface area (Å²) in [5.74, 6) is 0.925. The average molecular weight is 240 g/mol. The van der Waals surface area contributed by atoms with Gasteiger partial charge in [0, 0.05) is 33.1 Å². The third-order valence-corrected chi connectivity index (χ3v) is 3.94. The first-order chi connectivity index (χ1) is 7.82. The quantitative estimate of drug-likeness (QED) is 0.817. The van der Waals surface area contributed by atoms with Crippen LogP contribution in [0.1, 0.15) is 46.5 Å². The van der Waals surface area contributed by atoms with Crippen molar-refractivity contribution in [2.75, 3.05) is 20.6 Å². The van der Waals surface area contributed by atoms with Crippen LogP contribution in [0.25, 0.3) is 0 Å². The molecular formula is C14H28N2O. The Morgan fingerprint density at radius 3 is 2.59 bits per heavy atom. The summed E-state index contributed by atoms with van der Waals surface area (Å²) in [4.78, 5) is 13.1. The minimum Gasteiger partial charge on any atom is -0.349 e. The van der Waals surface area contributed by atoms with Gasteiger partial charge < -0.3 is 10.2 Å². The molecule has 1 amide bonds. The molecule has 1 aliphatic rings. The first kappa shape index (κ1) is 14.5. The number of carbonyl (C=O) groups is 1. The number of hydrogen-bond acceptors (Lipinski definition) is 2. The molecule has 1 saturated carbocycles. The lowest BCUT2D eigenvalue weighted by Crippen LogP contribution is -2.42. The van der Waals surface area contributed by atoms with Crippen molar-refractivity contribution in [1.29, 1.82) is 0 Å². The molecule has 3 heteroatoms. The molecule has 0 radical (unpaired) electrons. The van der Waals surface area contributed by atoms with Crippen LogP contribution in [0.15, 0.2) is 0 Å². The van der Waals surface area contributed by atoms with Crippen molar-refractivity contribution in [2.24, 2.45) is 11.3 Å². The molecule has 0 heterocycles. The van der Waals surface area contributed by atoms with E-state index in [0.717, 1.165) is 6.54 Å². The number of nitrogens with one attached hydrogen (secondary N) is 1. The van der Waals surface area contributed by atoms with Gasteiger partial charge in [-0.3, -0.25) is 4.79 Å². The van der Waals surface area contributed by atoms with Crippen LogP contribution in [0.3, 0.4) is 0 Å². The van der Waals surface area contributed by atoms with E-state index < -0.39 is 0 Å². The zero-order valence-electron chi connectivity index (χ0n) is 12.0. The van der Waals surface area contributed by atoms with Crippen LogP contribution in [0.2, 0.25) is 0 Å². The highest BCUT2D eigenvalue weighted by Crippen LogP contribution is 2.38. The smallest absolute Gasteiger partial charge is 0.223 e. The SMILES string of the molecule is CC1CC(C)(C)CCC1NCCC(=O)N(C)C. The molecule has 100 valence electrons. The van der Waals surface area contributed by atoms with Crippen molar-refractivity contribution in [3.8, 4) is 0 Å². The van der Waals surface area contributed by atoms with E-state index in [1.807, 2.05) is 14.1 Å². The molecule has 0 aromatic heterocycles. The predicted molar refractivity (Wildman–Crippen MR) is 71.9 cm³/mol. The Bertz CT molecular complexity index is 261. The molecule has 2 atom stereocenters. The number of amides is 1. The maximum atomic E-state index is 11.5. The highest BCUT2D eigenvalue weighted by atomic mass is 16.2. The molecule has 1 aliphatic carbocycles. The second-order valence-electron chi connectivity index (χ2n) is 6.48.